The van der Waals surface area contributed by atoms with Crippen LogP contribution in [0.2, 0.25) is 10.0 Å². The molecule has 0 aliphatic carbocycles. The van der Waals surface area contributed by atoms with Crippen molar-refractivity contribution in [1.29, 1.82) is 0 Å². The molecule has 2 N–H and O–H groups in total. The number of rotatable bonds is 11. The lowest BCUT2D eigenvalue weighted by Gasteiger charge is -2.43. The second kappa shape index (κ2) is 16.1. The topological polar surface area (TPSA) is 149 Å². The maximum Gasteiger partial charge on any atom is 0.334 e. The van der Waals surface area contributed by atoms with Crippen LogP contribution in [0.5, 0.6) is 5.75 Å². The van der Waals surface area contributed by atoms with Gasteiger partial charge in [-0.15, -0.1) is 5.10 Å². The van der Waals surface area contributed by atoms with Gasteiger partial charge < -0.3 is 24.4 Å². The number of hydrazine groups is 1. The Hall–Kier alpha value is -4.40. The number of nitrogens with one attached hydrogen (secondary N) is 1. The summed E-state index contributed by atoms with van der Waals surface area (Å²) in [4.78, 5) is 44.2. The number of methoxy groups -OCH3 is 1. The summed E-state index contributed by atoms with van der Waals surface area (Å²) in [6.07, 6.45) is 3.29. The van der Waals surface area contributed by atoms with Crippen molar-refractivity contribution in [2.24, 2.45) is 15.4 Å². The summed E-state index contributed by atoms with van der Waals surface area (Å²) >= 11 is 13.0. The molecule has 3 aromatic rings. The van der Waals surface area contributed by atoms with E-state index >= 15 is 0 Å². The van der Waals surface area contributed by atoms with Crippen molar-refractivity contribution in [2.75, 3.05) is 59.5 Å². The van der Waals surface area contributed by atoms with E-state index in [-0.39, 0.29) is 31.0 Å². The fourth-order valence-corrected chi connectivity index (χ4v) is 8.45. The van der Waals surface area contributed by atoms with Gasteiger partial charge in [-0.1, -0.05) is 65.7 Å². The monoisotopic (exact) mass is 775 g/mol. The molecule has 284 valence electrons. The Kier molecular flexibility index (Phi) is 11.3. The van der Waals surface area contributed by atoms with Crippen LogP contribution in [0.25, 0.3) is 0 Å². The second-order valence-corrected chi connectivity index (χ2v) is 15.2. The van der Waals surface area contributed by atoms with Crippen molar-refractivity contribution in [1.82, 2.24) is 20.2 Å². The minimum absolute atomic E-state index is 0.0774. The van der Waals surface area contributed by atoms with Crippen molar-refractivity contribution >= 4 is 47.2 Å². The Morgan fingerprint density at radius 3 is 2.46 bits per heavy atom. The Morgan fingerprint density at radius 1 is 0.963 bits per heavy atom. The summed E-state index contributed by atoms with van der Waals surface area (Å²) in [7, 11) is 1.55. The molecular formula is C39H43Cl2N7O6. The van der Waals surface area contributed by atoms with Gasteiger partial charge in [0.2, 0.25) is 5.91 Å². The first kappa shape index (κ1) is 37.9. The van der Waals surface area contributed by atoms with Gasteiger partial charge >= 0.3 is 5.97 Å². The number of morpholine rings is 1. The first-order chi connectivity index (χ1) is 26.1. The quantitative estimate of drug-likeness (QED) is 0.259. The summed E-state index contributed by atoms with van der Waals surface area (Å²) in [5.74, 6) is -0.837. The fraction of sp³-hybridized carbons (Fsp3) is 0.436. The average molecular weight is 777 g/mol. The molecular weight excluding hydrogens is 733 g/mol. The molecule has 15 heteroatoms. The molecule has 13 nitrogen and oxygen atoms in total. The predicted octanol–water partition coefficient (Wildman–Crippen LogP) is 5.52. The zero-order chi connectivity index (χ0) is 37.9. The van der Waals surface area contributed by atoms with Crippen LogP contribution in [-0.4, -0.2) is 110 Å². The summed E-state index contributed by atoms with van der Waals surface area (Å²) in [5, 5.41) is 23.8. The molecule has 4 aliphatic heterocycles. The van der Waals surface area contributed by atoms with E-state index < -0.39 is 22.9 Å². The van der Waals surface area contributed by atoms with E-state index in [9.17, 15) is 19.5 Å². The van der Waals surface area contributed by atoms with Crippen molar-refractivity contribution in [2.45, 2.75) is 48.7 Å². The van der Waals surface area contributed by atoms with E-state index in [1.165, 1.54) is 0 Å². The van der Waals surface area contributed by atoms with Crippen LogP contribution in [0.15, 0.2) is 82.2 Å². The molecule has 3 fully saturated rings. The van der Waals surface area contributed by atoms with Crippen LogP contribution in [-0.2, 0) is 25.2 Å². The van der Waals surface area contributed by atoms with E-state index in [4.69, 9.17) is 32.7 Å². The Labute approximate surface area is 323 Å². The largest absolute Gasteiger partial charge is 0.496 e. The van der Waals surface area contributed by atoms with Crippen LogP contribution in [0.3, 0.4) is 0 Å². The number of hydrogen-bond donors (Lipinski definition) is 2. The minimum Gasteiger partial charge on any atom is -0.496 e. The predicted molar refractivity (Wildman–Crippen MR) is 203 cm³/mol. The van der Waals surface area contributed by atoms with Gasteiger partial charge in [0.1, 0.15) is 11.8 Å². The highest BCUT2D eigenvalue weighted by molar-refractivity contribution is 6.42. The van der Waals surface area contributed by atoms with Crippen molar-refractivity contribution in [3.8, 4) is 5.75 Å². The SMILES string of the molecule is COc1ccc(C2C=NN=N2)cc1C(=O)N1CCC(CCN2CCC(C(=O)NN3CCOC(C(=O)O)C3)(c3ccccc3)CC2)(c2ccc(Cl)c(Cl)c2)C1. The number of nitrogens with zero attached hydrogens (tertiary/aromatic N) is 6. The number of amides is 2. The van der Waals surface area contributed by atoms with E-state index in [1.807, 2.05) is 65.6 Å². The van der Waals surface area contributed by atoms with Gasteiger partial charge in [-0.3, -0.25) is 15.0 Å². The highest BCUT2D eigenvalue weighted by atomic mass is 35.5. The smallest absolute Gasteiger partial charge is 0.334 e. The molecule has 2 amide bonds. The van der Waals surface area contributed by atoms with Crippen LogP contribution in [0, 0.1) is 0 Å². The lowest BCUT2D eigenvalue weighted by atomic mass is 9.71. The third kappa shape index (κ3) is 7.74. The summed E-state index contributed by atoms with van der Waals surface area (Å²) in [6.45, 7) is 3.81. The van der Waals surface area contributed by atoms with E-state index in [0.717, 1.165) is 36.1 Å². The number of hydrogen-bond acceptors (Lipinski definition) is 10. The van der Waals surface area contributed by atoms with Gasteiger partial charge in [0.05, 0.1) is 47.5 Å². The average Bonchev–Trinajstić information content (AvgIpc) is 3.90. The molecule has 0 aromatic heterocycles. The highest BCUT2D eigenvalue weighted by Gasteiger charge is 2.46. The number of benzene rings is 3. The van der Waals surface area contributed by atoms with Gasteiger partial charge in [0.15, 0.2) is 6.10 Å². The maximum atomic E-state index is 14.2. The number of likely N-dealkylation sites (tertiary alicyclic amines) is 2. The number of halogens is 2. The van der Waals surface area contributed by atoms with Crippen molar-refractivity contribution in [3.05, 3.63) is 99.0 Å². The van der Waals surface area contributed by atoms with E-state index in [2.05, 4.69) is 25.8 Å². The second-order valence-electron chi connectivity index (χ2n) is 14.4. The minimum atomic E-state index is -1.05. The molecule has 4 aliphatic rings. The lowest BCUT2D eigenvalue weighted by Crippen LogP contribution is -2.59. The third-order valence-corrected chi connectivity index (χ3v) is 12.1. The van der Waals surface area contributed by atoms with E-state index in [1.54, 1.807) is 24.4 Å². The molecule has 3 unspecified atom stereocenters. The van der Waals surface area contributed by atoms with Gasteiger partial charge in [-0.25, -0.2) is 9.80 Å². The molecule has 3 aromatic carbocycles. The van der Waals surface area contributed by atoms with Gasteiger partial charge in [0.25, 0.3) is 5.91 Å². The highest BCUT2D eigenvalue weighted by Crippen LogP contribution is 2.43. The van der Waals surface area contributed by atoms with Crippen LogP contribution in [0.4, 0.5) is 0 Å². The molecule has 4 heterocycles. The zero-order valence-corrected chi connectivity index (χ0v) is 31.5. The maximum absolute atomic E-state index is 14.2. The summed E-state index contributed by atoms with van der Waals surface area (Å²) < 4.78 is 11.0. The van der Waals surface area contributed by atoms with Crippen LogP contribution in [0.1, 0.15) is 58.8 Å². The van der Waals surface area contributed by atoms with Crippen LogP contribution >= 0.6 is 23.2 Å². The molecule has 3 atom stereocenters. The van der Waals surface area contributed by atoms with Crippen molar-refractivity contribution in [3.63, 3.8) is 0 Å². The van der Waals surface area contributed by atoms with E-state index in [0.29, 0.717) is 66.9 Å². The normalized spacial score (nSPS) is 24.1. The molecule has 0 saturated carbocycles. The number of carboxylic acids is 1. The number of aliphatic carboxylic acids is 1. The molecule has 0 radical (unpaired) electrons. The Balaban J connectivity index is 1.08. The molecule has 7 rings (SSSR count). The summed E-state index contributed by atoms with van der Waals surface area (Å²) in [5.41, 5.74) is 5.08. The molecule has 0 spiro atoms. The molecule has 3 saturated heterocycles. The Bertz CT molecular complexity index is 1930. The number of carbonyl (C=O) groups is 3. The summed E-state index contributed by atoms with van der Waals surface area (Å²) in [6, 6.07) is 20.7. The molecule has 54 heavy (non-hydrogen) atoms. The Morgan fingerprint density at radius 2 is 1.76 bits per heavy atom. The molecule has 0 bridgehead atoms. The van der Waals surface area contributed by atoms with Gasteiger partial charge in [0, 0.05) is 25.0 Å². The number of carbonyl (C=O) groups excluding carboxylic acids is 2. The first-order valence-electron chi connectivity index (χ1n) is 18.2. The van der Waals surface area contributed by atoms with Crippen LogP contribution < -0.4 is 10.2 Å². The lowest BCUT2D eigenvalue weighted by molar-refractivity contribution is -0.160. The number of piperidine rings is 1. The first-order valence-corrected chi connectivity index (χ1v) is 18.9. The van der Waals surface area contributed by atoms with Gasteiger partial charge in [-0.2, -0.15) is 5.11 Å². The standard InChI is InChI=1S/C39H43Cl2N7O6/c1-53-33-10-7-26(32-23-42-45-43-32)21-29(33)35(49)47-18-12-38(25-47,28-8-9-30(40)31(41)22-28)11-15-46-16-13-39(14-17-46,27-5-3-2-4-6-27)37(52)44-48-19-20-54-34(24-48)36(50)51/h2-10,21-23,32,34H,11-20,24-25H2,1H3,(H,44,52)(H,50,51). The van der Waals surface area contributed by atoms with Gasteiger partial charge in [-0.05, 0) is 91.5 Å². The van der Waals surface area contributed by atoms with Crippen molar-refractivity contribution < 1.29 is 29.0 Å². The number of carboxylic acid groups (broad SMARTS) is 1. The zero-order valence-electron chi connectivity index (χ0n) is 30.0. The number of ether oxygens (including phenoxy) is 2. The third-order valence-electron chi connectivity index (χ3n) is 11.4. The fourth-order valence-electron chi connectivity index (χ4n) is 8.15.